The van der Waals surface area contributed by atoms with Crippen molar-refractivity contribution in [2.75, 3.05) is 0 Å². The second kappa shape index (κ2) is 9.13. The molecule has 1 unspecified atom stereocenters. The molecule has 1 N–H and O–H groups in total. The van der Waals surface area contributed by atoms with Crippen LogP contribution >= 0.6 is 0 Å². The molecule has 0 bridgehead atoms. The van der Waals surface area contributed by atoms with Gasteiger partial charge in [0.25, 0.3) is 0 Å². The van der Waals surface area contributed by atoms with Gasteiger partial charge in [0.05, 0.1) is 5.92 Å². The van der Waals surface area contributed by atoms with E-state index in [0.29, 0.717) is 0 Å². The van der Waals surface area contributed by atoms with Gasteiger partial charge in [-0.25, -0.2) is 0 Å². The average molecular weight is 282 g/mol. The van der Waals surface area contributed by atoms with Crippen LogP contribution in [-0.2, 0) is 4.79 Å². The van der Waals surface area contributed by atoms with Crippen molar-refractivity contribution in [1.29, 1.82) is 0 Å². The molecule has 0 amide bonds. The standard InChI is InChI=1S/C8H16O2.Ba/c1-3-5-6-7(4-2)8(9)10;/h7H,3-6H2,1-2H3,(H,9,10);. The van der Waals surface area contributed by atoms with Gasteiger partial charge < -0.3 is 5.11 Å². The van der Waals surface area contributed by atoms with Crippen molar-refractivity contribution >= 4 is 54.9 Å². The SMILES string of the molecule is CCCCC(CC)C(=O)O.[Ba]. The summed E-state index contributed by atoms with van der Waals surface area (Å²) in [5, 5.41) is 8.60. The maximum Gasteiger partial charge on any atom is 0.306 e. The molecule has 0 aliphatic heterocycles. The van der Waals surface area contributed by atoms with Crippen LogP contribution in [-0.4, -0.2) is 60.0 Å². The van der Waals surface area contributed by atoms with Gasteiger partial charge in [0.15, 0.2) is 0 Å². The zero-order chi connectivity index (χ0) is 7.98. The maximum atomic E-state index is 10.4. The van der Waals surface area contributed by atoms with Crippen LogP contribution in [0.15, 0.2) is 0 Å². The summed E-state index contributed by atoms with van der Waals surface area (Å²) in [6, 6.07) is 0. The van der Waals surface area contributed by atoms with Crippen LogP contribution in [0.1, 0.15) is 39.5 Å². The van der Waals surface area contributed by atoms with Crippen molar-refractivity contribution in [1.82, 2.24) is 0 Å². The molecular weight excluding hydrogens is 265 g/mol. The van der Waals surface area contributed by atoms with Crippen molar-refractivity contribution in [3.63, 3.8) is 0 Å². The van der Waals surface area contributed by atoms with Crippen LogP contribution in [0.2, 0.25) is 0 Å². The van der Waals surface area contributed by atoms with Gasteiger partial charge in [-0.2, -0.15) is 0 Å². The Bertz CT molecular complexity index is 104. The minimum atomic E-state index is -0.643. The molecule has 0 aromatic rings. The van der Waals surface area contributed by atoms with E-state index in [9.17, 15) is 4.79 Å². The molecule has 2 radical (unpaired) electrons. The van der Waals surface area contributed by atoms with E-state index >= 15 is 0 Å². The maximum absolute atomic E-state index is 10.4. The van der Waals surface area contributed by atoms with E-state index in [1.165, 1.54) is 0 Å². The number of carbonyl (C=O) groups is 1. The number of hydrogen-bond acceptors (Lipinski definition) is 1. The molecule has 0 aromatic heterocycles. The molecule has 0 saturated heterocycles. The van der Waals surface area contributed by atoms with Gasteiger partial charge in [-0.1, -0.05) is 26.7 Å². The summed E-state index contributed by atoms with van der Waals surface area (Å²) >= 11 is 0. The van der Waals surface area contributed by atoms with Crippen LogP contribution in [0.5, 0.6) is 0 Å². The summed E-state index contributed by atoms with van der Waals surface area (Å²) in [5.41, 5.74) is 0. The molecule has 0 aliphatic carbocycles. The largest absolute Gasteiger partial charge is 0.481 e. The Labute approximate surface area is 109 Å². The monoisotopic (exact) mass is 282 g/mol. The smallest absolute Gasteiger partial charge is 0.306 e. The fourth-order valence-electron chi connectivity index (χ4n) is 0.953. The van der Waals surface area contributed by atoms with E-state index in [1.807, 2.05) is 6.92 Å². The van der Waals surface area contributed by atoms with Gasteiger partial charge in [0, 0.05) is 48.9 Å². The fraction of sp³-hybridized carbons (Fsp3) is 0.875. The third-order valence-electron chi connectivity index (χ3n) is 1.75. The van der Waals surface area contributed by atoms with Crippen LogP contribution in [0.4, 0.5) is 0 Å². The quantitative estimate of drug-likeness (QED) is 0.782. The number of aliphatic carboxylic acids is 1. The van der Waals surface area contributed by atoms with E-state index in [4.69, 9.17) is 5.11 Å². The van der Waals surface area contributed by atoms with Crippen LogP contribution in [0, 0.1) is 5.92 Å². The number of carboxylic acids is 1. The molecule has 0 rings (SSSR count). The zero-order valence-electron chi connectivity index (χ0n) is 7.47. The third kappa shape index (κ3) is 7.40. The summed E-state index contributed by atoms with van der Waals surface area (Å²) in [6.07, 6.45) is 3.71. The van der Waals surface area contributed by atoms with Crippen molar-refractivity contribution < 1.29 is 9.90 Å². The summed E-state index contributed by atoms with van der Waals surface area (Å²) < 4.78 is 0. The first-order chi connectivity index (χ1) is 4.72. The molecule has 11 heavy (non-hydrogen) atoms. The predicted molar refractivity (Wildman–Crippen MR) is 46.7 cm³/mol. The molecule has 62 valence electrons. The number of rotatable bonds is 5. The molecule has 0 heterocycles. The Morgan fingerprint density at radius 2 is 2.00 bits per heavy atom. The molecule has 3 heteroatoms. The minimum Gasteiger partial charge on any atom is -0.481 e. The Hall–Kier alpha value is 1.04. The number of carboxylic acid groups (broad SMARTS) is 1. The Kier molecular flexibility index (Phi) is 12.1. The summed E-state index contributed by atoms with van der Waals surface area (Å²) in [7, 11) is 0. The van der Waals surface area contributed by atoms with Crippen LogP contribution in [0.3, 0.4) is 0 Å². The predicted octanol–water partition coefficient (Wildman–Crippen LogP) is 1.91. The molecule has 0 aromatic carbocycles. The fourth-order valence-corrected chi connectivity index (χ4v) is 0.953. The molecule has 0 aliphatic rings. The normalized spacial score (nSPS) is 11.8. The van der Waals surface area contributed by atoms with Crippen molar-refractivity contribution in [2.45, 2.75) is 39.5 Å². The van der Waals surface area contributed by atoms with Gasteiger partial charge in [-0.15, -0.1) is 0 Å². The van der Waals surface area contributed by atoms with Gasteiger partial charge in [-0.3, -0.25) is 4.79 Å². The minimum absolute atomic E-state index is 0. The van der Waals surface area contributed by atoms with Crippen molar-refractivity contribution in [3.8, 4) is 0 Å². The summed E-state index contributed by atoms with van der Waals surface area (Å²) in [6.45, 7) is 4.00. The molecular formula is C8H16BaO2. The van der Waals surface area contributed by atoms with Crippen molar-refractivity contribution in [3.05, 3.63) is 0 Å². The van der Waals surface area contributed by atoms with Crippen LogP contribution in [0.25, 0.3) is 0 Å². The number of hydrogen-bond donors (Lipinski definition) is 1. The Morgan fingerprint density at radius 1 is 1.45 bits per heavy atom. The summed E-state index contributed by atoms with van der Waals surface area (Å²) in [5.74, 6) is -0.754. The van der Waals surface area contributed by atoms with E-state index in [1.54, 1.807) is 0 Å². The van der Waals surface area contributed by atoms with Gasteiger partial charge >= 0.3 is 5.97 Å². The third-order valence-corrected chi connectivity index (χ3v) is 1.75. The van der Waals surface area contributed by atoms with Crippen molar-refractivity contribution in [2.24, 2.45) is 5.92 Å². The molecule has 0 spiro atoms. The zero-order valence-corrected chi connectivity index (χ0v) is 11.9. The molecule has 0 fully saturated rings. The summed E-state index contributed by atoms with van der Waals surface area (Å²) in [4.78, 5) is 10.4. The van der Waals surface area contributed by atoms with E-state index in [0.717, 1.165) is 25.7 Å². The van der Waals surface area contributed by atoms with Gasteiger partial charge in [-0.05, 0) is 12.8 Å². The second-order valence-electron chi connectivity index (χ2n) is 2.59. The van der Waals surface area contributed by atoms with E-state index < -0.39 is 5.97 Å². The van der Waals surface area contributed by atoms with Gasteiger partial charge in [0.2, 0.25) is 0 Å². The van der Waals surface area contributed by atoms with Crippen LogP contribution < -0.4 is 0 Å². The topological polar surface area (TPSA) is 37.3 Å². The average Bonchev–Trinajstić information content (AvgIpc) is 1.89. The Morgan fingerprint density at radius 3 is 2.27 bits per heavy atom. The molecule has 1 atom stereocenters. The first kappa shape index (κ1) is 14.6. The van der Waals surface area contributed by atoms with E-state index in [-0.39, 0.29) is 54.8 Å². The molecule has 2 nitrogen and oxygen atoms in total. The second-order valence-corrected chi connectivity index (χ2v) is 2.59. The first-order valence-corrected chi connectivity index (χ1v) is 3.95. The Balaban J connectivity index is 0. The molecule has 0 saturated carbocycles. The first-order valence-electron chi connectivity index (χ1n) is 3.95. The number of unbranched alkanes of at least 4 members (excludes halogenated alkanes) is 1. The van der Waals surface area contributed by atoms with Gasteiger partial charge in [0.1, 0.15) is 0 Å². The van der Waals surface area contributed by atoms with E-state index in [2.05, 4.69) is 6.92 Å².